The van der Waals surface area contributed by atoms with E-state index in [0.717, 1.165) is 31.6 Å². The summed E-state index contributed by atoms with van der Waals surface area (Å²) in [6, 6.07) is -0.434. The van der Waals surface area contributed by atoms with E-state index in [1.54, 1.807) is 11.8 Å². The Morgan fingerprint density at radius 2 is 1.90 bits per heavy atom. The molecule has 2 amide bonds. The van der Waals surface area contributed by atoms with Crippen molar-refractivity contribution in [1.29, 1.82) is 0 Å². The lowest BCUT2D eigenvalue weighted by molar-refractivity contribution is -0.143. The number of aliphatic carboxylic acids is 1. The van der Waals surface area contributed by atoms with E-state index < -0.39 is 12.0 Å². The van der Waals surface area contributed by atoms with Crippen molar-refractivity contribution in [3.8, 4) is 0 Å². The van der Waals surface area contributed by atoms with E-state index in [1.807, 2.05) is 0 Å². The molecule has 0 aliphatic carbocycles. The average Bonchev–Trinajstić information content (AvgIpc) is 2.67. The van der Waals surface area contributed by atoms with E-state index in [-0.39, 0.29) is 30.7 Å². The standard InChI is InChI=1S/C24H44N2O4/c1-5-9-20(11-7-10-18(3)6-2)13-14-21-12-8-15-26(24(21)30)17-22(27)25-19(4)16-23(28)29/h18-21H,5-17H2,1-4H3,(H,25,27)(H,28,29)/t18?,19-,20?,21?/m1/s1. The molecular weight excluding hydrogens is 380 g/mol. The van der Waals surface area contributed by atoms with Crippen LogP contribution in [0.5, 0.6) is 0 Å². The predicted molar refractivity (Wildman–Crippen MR) is 120 cm³/mol. The molecule has 1 aliphatic heterocycles. The summed E-state index contributed by atoms with van der Waals surface area (Å²) < 4.78 is 0. The lowest BCUT2D eigenvalue weighted by Gasteiger charge is -2.33. The second-order valence-corrected chi connectivity index (χ2v) is 9.34. The molecule has 30 heavy (non-hydrogen) atoms. The Hall–Kier alpha value is -1.59. The summed E-state index contributed by atoms with van der Waals surface area (Å²) in [5, 5.41) is 11.5. The quantitative estimate of drug-likeness (QED) is 0.402. The first-order valence-corrected chi connectivity index (χ1v) is 12.1. The van der Waals surface area contributed by atoms with Gasteiger partial charge in [-0.25, -0.2) is 0 Å². The van der Waals surface area contributed by atoms with Crippen LogP contribution in [-0.2, 0) is 14.4 Å². The molecular formula is C24H44N2O4. The van der Waals surface area contributed by atoms with Gasteiger partial charge in [0.2, 0.25) is 11.8 Å². The van der Waals surface area contributed by atoms with Crippen molar-refractivity contribution in [2.75, 3.05) is 13.1 Å². The maximum absolute atomic E-state index is 12.9. The summed E-state index contributed by atoms with van der Waals surface area (Å²) in [4.78, 5) is 37.5. The molecule has 174 valence electrons. The van der Waals surface area contributed by atoms with Crippen LogP contribution < -0.4 is 5.32 Å². The van der Waals surface area contributed by atoms with Gasteiger partial charge < -0.3 is 15.3 Å². The maximum Gasteiger partial charge on any atom is 0.305 e. The lowest BCUT2D eigenvalue weighted by atomic mass is 9.85. The van der Waals surface area contributed by atoms with Crippen LogP contribution in [0.3, 0.4) is 0 Å². The molecule has 6 heteroatoms. The van der Waals surface area contributed by atoms with Gasteiger partial charge in [0.15, 0.2) is 0 Å². The third-order valence-corrected chi connectivity index (χ3v) is 6.49. The minimum absolute atomic E-state index is 0.0249. The zero-order valence-electron chi connectivity index (χ0n) is 19.6. The van der Waals surface area contributed by atoms with Crippen molar-refractivity contribution in [3.63, 3.8) is 0 Å². The van der Waals surface area contributed by atoms with E-state index in [2.05, 4.69) is 26.1 Å². The number of nitrogens with zero attached hydrogens (tertiary/aromatic N) is 1. The number of piperidine rings is 1. The number of carboxylic acid groups (broad SMARTS) is 1. The molecule has 4 atom stereocenters. The fourth-order valence-corrected chi connectivity index (χ4v) is 4.49. The number of carbonyl (C=O) groups excluding carboxylic acids is 2. The van der Waals surface area contributed by atoms with Gasteiger partial charge in [-0.3, -0.25) is 14.4 Å². The van der Waals surface area contributed by atoms with Crippen LogP contribution in [0, 0.1) is 17.8 Å². The molecule has 0 radical (unpaired) electrons. The van der Waals surface area contributed by atoms with Crippen LogP contribution in [0.25, 0.3) is 0 Å². The summed E-state index contributed by atoms with van der Waals surface area (Å²) >= 11 is 0. The topological polar surface area (TPSA) is 86.7 Å². The first-order valence-electron chi connectivity index (χ1n) is 12.1. The van der Waals surface area contributed by atoms with Crippen molar-refractivity contribution in [2.24, 2.45) is 17.8 Å². The Kier molecular flexibility index (Phi) is 12.7. The zero-order valence-corrected chi connectivity index (χ0v) is 19.6. The second-order valence-electron chi connectivity index (χ2n) is 9.34. The molecule has 0 aromatic rings. The molecule has 0 bridgehead atoms. The van der Waals surface area contributed by atoms with E-state index in [4.69, 9.17) is 5.11 Å². The normalized spacial score (nSPS) is 19.9. The number of nitrogens with one attached hydrogen (secondary N) is 1. The molecule has 1 aliphatic rings. The smallest absolute Gasteiger partial charge is 0.305 e. The molecule has 0 aromatic heterocycles. The van der Waals surface area contributed by atoms with Crippen LogP contribution in [0.15, 0.2) is 0 Å². The number of hydrogen-bond donors (Lipinski definition) is 2. The van der Waals surface area contributed by atoms with Crippen LogP contribution in [0.2, 0.25) is 0 Å². The molecule has 2 N–H and O–H groups in total. The van der Waals surface area contributed by atoms with Gasteiger partial charge in [-0.1, -0.05) is 59.3 Å². The summed E-state index contributed by atoms with van der Waals surface area (Å²) in [6.07, 6.45) is 11.2. The summed E-state index contributed by atoms with van der Waals surface area (Å²) in [7, 11) is 0. The first kappa shape index (κ1) is 26.4. The van der Waals surface area contributed by atoms with Gasteiger partial charge >= 0.3 is 5.97 Å². The predicted octanol–water partition coefficient (Wildman–Crippen LogP) is 4.62. The second kappa shape index (κ2) is 14.4. The van der Waals surface area contributed by atoms with Crippen LogP contribution in [-0.4, -0.2) is 46.9 Å². The fraction of sp³-hybridized carbons (Fsp3) is 0.875. The van der Waals surface area contributed by atoms with Crippen molar-refractivity contribution >= 4 is 17.8 Å². The van der Waals surface area contributed by atoms with Crippen molar-refractivity contribution in [1.82, 2.24) is 10.2 Å². The summed E-state index contributed by atoms with van der Waals surface area (Å²) in [6.45, 7) is 9.13. The Morgan fingerprint density at radius 1 is 1.17 bits per heavy atom. The third kappa shape index (κ3) is 10.4. The van der Waals surface area contributed by atoms with E-state index in [0.29, 0.717) is 12.5 Å². The molecule has 3 unspecified atom stereocenters. The van der Waals surface area contributed by atoms with Gasteiger partial charge in [-0.05, 0) is 44.4 Å². The van der Waals surface area contributed by atoms with Gasteiger partial charge in [-0.15, -0.1) is 0 Å². The van der Waals surface area contributed by atoms with Crippen LogP contribution >= 0.6 is 0 Å². The number of rotatable bonds is 15. The van der Waals surface area contributed by atoms with Crippen LogP contribution in [0.1, 0.15) is 98.3 Å². The van der Waals surface area contributed by atoms with E-state index in [9.17, 15) is 14.4 Å². The highest BCUT2D eigenvalue weighted by Crippen LogP contribution is 2.28. The molecule has 6 nitrogen and oxygen atoms in total. The molecule has 0 spiro atoms. The fourth-order valence-electron chi connectivity index (χ4n) is 4.49. The maximum atomic E-state index is 12.9. The van der Waals surface area contributed by atoms with Gasteiger partial charge in [0.25, 0.3) is 0 Å². The molecule has 0 aromatic carbocycles. The first-order chi connectivity index (χ1) is 14.3. The number of carboxylic acids is 1. The largest absolute Gasteiger partial charge is 0.481 e. The van der Waals surface area contributed by atoms with Gasteiger partial charge in [-0.2, -0.15) is 0 Å². The van der Waals surface area contributed by atoms with Gasteiger partial charge in [0, 0.05) is 18.5 Å². The summed E-state index contributed by atoms with van der Waals surface area (Å²) in [5.74, 6) is 0.399. The number of carbonyl (C=O) groups is 3. The van der Waals surface area contributed by atoms with Crippen molar-refractivity contribution < 1.29 is 19.5 Å². The highest BCUT2D eigenvalue weighted by Gasteiger charge is 2.30. The molecule has 1 heterocycles. The van der Waals surface area contributed by atoms with Gasteiger partial charge in [0.1, 0.15) is 0 Å². The Morgan fingerprint density at radius 3 is 2.53 bits per heavy atom. The van der Waals surface area contributed by atoms with E-state index >= 15 is 0 Å². The van der Waals surface area contributed by atoms with Crippen molar-refractivity contribution in [3.05, 3.63) is 0 Å². The number of hydrogen-bond acceptors (Lipinski definition) is 3. The van der Waals surface area contributed by atoms with Crippen LogP contribution in [0.4, 0.5) is 0 Å². The number of likely N-dealkylation sites (tertiary alicyclic amines) is 1. The molecule has 0 saturated carbocycles. The Bertz CT molecular complexity index is 537. The van der Waals surface area contributed by atoms with Gasteiger partial charge in [0.05, 0.1) is 13.0 Å². The minimum Gasteiger partial charge on any atom is -0.481 e. The third-order valence-electron chi connectivity index (χ3n) is 6.49. The van der Waals surface area contributed by atoms with Crippen molar-refractivity contribution in [2.45, 2.75) is 104 Å². The zero-order chi connectivity index (χ0) is 22.5. The SMILES string of the molecule is CCCC(CCCC(C)CC)CCC1CCCN(CC(=O)N[C@H](C)CC(=O)O)C1=O. The average molecular weight is 425 g/mol. The monoisotopic (exact) mass is 424 g/mol. The minimum atomic E-state index is -0.942. The number of amides is 2. The highest BCUT2D eigenvalue weighted by molar-refractivity contribution is 5.86. The Labute approximate surface area is 183 Å². The molecule has 1 saturated heterocycles. The highest BCUT2D eigenvalue weighted by atomic mass is 16.4. The molecule has 1 fully saturated rings. The Balaban J connectivity index is 2.47. The molecule has 1 rings (SSSR count). The lowest BCUT2D eigenvalue weighted by Crippen LogP contribution is -2.48. The van der Waals surface area contributed by atoms with E-state index in [1.165, 1.54) is 38.5 Å². The summed E-state index contributed by atoms with van der Waals surface area (Å²) in [5.41, 5.74) is 0.